The Kier molecular flexibility index (Phi) is 3.60. The highest BCUT2D eigenvalue weighted by Crippen LogP contribution is 2.54. The molecule has 1 amide bonds. The van der Waals surface area contributed by atoms with Crippen molar-refractivity contribution >= 4 is 11.9 Å². The number of carbonyl (C=O) groups is 2. The summed E-state index contributed by atoms with van der Waals surface area (Å²) in [6.45, 7) is 4.12. The van der Waals surface area contributed by atoms with Crippen molar-refractivity contribution in [2.45, 2.75) is 32.7 Å². The fourth-order valence-corrected chi connectivity index (χ4v) is 2.38. The molecule has 1 aliphatic carbocycles. The van der Waals surface area contributed by atoms with Crippen molar-refractivity contribution < 1.29 is 14.7 Å². The summed E-state index contributed by atoms with van der Waals surface area (Å²) in [5, 5.41) is 11.9. The van der Waals surface area contributed by atoms with Crippen molar-refractivity contribution in [2.75, 3.05) is 0 Å². The second-order valence-electron chi connectivity index (χ2n) is 5.45. The standard InChI is InChI=1S/C15H19NO3/c1-3-15(2)9-11(15)13(17)16-12(14(18)19)10-7-5-4-6-8-10/h4-8,11-12H,3,9H2,1-2H3,(H,16,17)(H,18,19)/t11?,12-,15?/m0/s1. The summed E-state index contributed by atoms with van der Waals surface area (Å²) in [5.41, 5.74) is 0.645. The highest BCUT2D eigenvalue weighted by Gasteiger charge is 2.53. The zero-order valence-corrected chi connectivity index (χ0v) is 11.2. The van der Waals surface area contributed by atoms with Crippen LogP contribution in [0.1, 0.15) is 38.3 Å². The summed E-state index contributed by atoms with van der Waals surface area (Å²) in [5.74, 6) is -1.23. The van der Waals surface area contributed by atoms with Crippen LogP contribution >= 0.6 is 0 Å². The fraction of sp³-hybridized carbons (Fsp3) is 0.467. The molecule has 4 heteroatoms. The molecule has 0 bridgehead atoms. The van der Waals surface area contributed by atoms with Gasteiger partial charge in [0, 0.05) is 5.92 Å². The third-order valence-electron chi connectivity index (χ3n) is 4.14. The zero-order valence-electron chi connectivity index (χ0n) is 11.2. The number of nitrogens with one attached hydrogen (secondary N) is 1. The highest BCUT2D eigenvalue weighted by atomic mass is 16.4. The number of hydrogen-bond acceptors (Lipinski definition) is 2. The van der Waals surface area contributed by atoms with Crippen LogP contribution in [0.3, 0.4) is 0 Å². The van der Waals surface area contributed by atoms with E-state index in [0.29, 0.717) is 5.56 Å². The minimum absolute atomic E-state index is 0.0455. The van der Waals surface area contributed by atoms with Gasteiger partial charge in [-0.3, -0.25) is 4.79 Å². The van der Waals surface area contributed by atoms with E-state index >= 15 is 0 Å². The van der Waals surface area contributed by atoms with E-state index in [4.69, 9.17) is 0 Å². The van der Waals surface area contributed by atoms with Gasteiger partial charge in [-0.2, -0.15) is 0 Å². The number of carboxylic acids is 1. The molecule has 3 atom stereocenters. The van der Waals surface area contributed by atoms with Crippen LogP contribution in [-0.2, 0) is 9.59 Å². The molecule has 0 saturated heterocycles. The van der Waals surface area contributed by atoms with E-state index in [1.54, 1.807) is 24.3 Å². The van der Waals surface area contributed by atoms with Gasteiger partial charge < -0.3 is 10.4 Å². The van der Waals surface area contributed by atoms with Crippen molar-refractivity contribution in [3.8, 4) is 0 Å². The van der Waals surface area contributed by atoms with E-state index in [1.807, 2.05) is 6.07 Å². The molecular formula is C15H19NO3. The van der Waals surface area contributed by atoms with Gasteiger partial charge in [0.25, 0.3) is 0 Å². The zero-order chi connectivity index (χ0) is 14.0. The molecule has 1 aromatic rings. The lowest BCUT2D eigenvalue weighted by Crippen LogP contribution is -2.35. The van der Waals surface area contributed by atoms with Crippen LogP contribution in [0, 0.1) is 11.3 Å². The minimum Gasteiger partial charge on any atom is -0.479 e. The normalized spacial score (nSPS) is 26.5. The van der Waals surface area contributed by atoms with Gasteiger partial charge in [-0.15, -0.1) is 0 Å². The first-order valence-corrected chi connectivity index (χ1v) is 6.56. The van der Waals surface area contributed by atoms with Crippen molar-refractivity contribution in [3.63, 3.8) is 0 Å². The van der Waals surface area contributed by atoms with Gasteiger partial charge in [-0.25, -0.2) is 4.79 Å². The summed E-state index contributed by atoms with van der Waals surface area (Å²) < 4.78 is 0. The molecule has 0 aliphatic heterocycles. The Hall–Kier alpha value is -1.84. The Morgan fingerprint density at radius 3 is 2.53 bits per heavy atom. The van der Waals surface area contributed by atoms with Gasteiger partial charge in [-0.1, -0.05) is 44.2 Å². The van der Waals surface area contributed by atoms with Crippen LogP contribution in [0.5, 0.6) is 0 Å². The molecule has 1 saturated carbocycles. The molecule has 1 aliphatic rings. The van der Waals surface area contributed by atoms with E-state index in [1.165, 1.54) is 0 Å². The molecule has 1 fully saturated rings. The Morgan fingerprint density at radius 1 is 1.42 bits per heavy atom. The van der Waals surface area contributed by atoms with Gasteiger partial charge in [0.05, 0.1) is 0 Å². The molecule has 0 aromatic heterocycles. The van der Waals surface area contributed by atoms with Crippen LogP contribution in [0.25, 0.3) is 0 Å². The number of carboxylic acid groups (broad SMARTS) is 1. The maximum absolute atomic E-state index is 12.1. The Bertz CT molecular complexity index is 485. The monoisotopic (exact) mass is 261 g/mol. The van der Waals surface area contributed by atoms with Crippen molar-refractivity contribution in [1.29, 1.82) is 0 Å². The molecule has 19 heavy (non-hydrogen) atoms. The molecule has 102 valence electrons. The number of rotatable bonds is 5. The van der Waals surface area contributed by atoms with Crippen LogP contribution < -0.4 is 5.32 Å². The smallest absolute Gasteiger partial charge is 0.330 e. The van der Waals surface area contributed by atoms with Gasteiger partial charge in [-0.05, 0) is 23.8 Å². The first kappa shape index (κ1) is 13.6. The average Bonchev–Trinajstić information content (AvgIpc) is 3.09. The van der Waals surface area contributed by atoms with Crippen molar-refractivity contribution in [3.05, 3.63) is 35.9 Å². The maximum atomic E-state index is 12.1. The predicted octanol–water partition coefficient (Wildman–Crippen LogP) is 2.36. The number of aliphatic carboxylic acids is 1. The second kappa shape index (κ2) is 5.03. The Labute approximate surface area is 112 Å². The van der Waals surface area contributed by atoms with Gasteiger partial charge in [0.15, 0.2) is 6.04 Å². The lowest BCUT2D eigenvalue weighted by molar-refractivity contribution is -0.142. The van der Waals surface area contributed by atoms with Crippen LogP contribution in [0.2, 0.25) is 0 Å². The molecular weight excluding hydrogens is 242 g/mol. The fourth-order valence-electron chi connectivity index (χ4n) is 2.38. The molecule has 0 radical (unpaired) electrons. The van der Waals surface area contributed by atoms with Gasteiger partial charge >= 0.3 is 5.97 Å². The summed E-state index contributed by atoms with van der Waals surface area (Å²) >= 11 is 0. The largest absolute Gasteiger partial charge is 0.479 e. The molecule has 4 nitrogen and oxygen atoms in total. The molecule has 2 N–H and O–H groups in total. The number of amides is 1. The topological polar surface area (TPSA) is 66.4 Å². The summed E-state index contributed by atoms with van der Waals surface area (Å²) in [4.78, 5) is 23.4. The van der Waals surface area contributed by atoms with E-state index in [-0.39, 0.29) is 17.2 Å². The quantitative estimate of drug-likeness (QED) is 0.855. The minimum atomic E-state index is -1.03. The molecule has 2 rings (SSSR count). The molecule has 2 unspecified atom stereocenters. The van der Waals surface area contributed by atoms with Crippen molar-refractivity contribution in [1.82, 2.24) is 5.32 Å². The summed E-state index contributed by atoms with van der Waals surface area (Å²) in [6, 6.07) is 7.82. The van der Waals surface area contributed by atoms with E-state index in [0.717, 1.165) is 12.8 Å². The number of carbonyl (C=O) groups excluding carboxylic acids is 1. The summed E-state index contributed by atoms with van der Waals surface area (Å²) in [7, 11) is 0. The second-order valence-corrected chi connectivity index (χ2v) is 5.45. The van der Waals surface area contributed by atoms with Gasteiger partial charge in [0.1, 0.15) is 0 Å². The average molecular weight is 261 g/mol. The predicted molar refractivity (Wildman–Crippen MR) is 71.5 cm³/mol. The van der Waals surface area contributed by atoms with E-state index in [9.17, 15) is 14.7 Å². The van der Waals surface area contributed by atoms with Crippen LogP contribution in [-0.4, -0.2) is 17.0 Å². The third kappa shape index (κ3) is 2.78. The SMILES string of the molecule is CCC1(C)CC1C(=O)N[C@H](C(=O)O)c1ccccc1. The first-order valence-electron chi connectivity index (χ1n) is 6.56. The van der Waals surface area contributed by atoms with Gasteiger partial charge in [0.2, 0.25) is 5.91 Å². The highest BCUT2D eigenvalue weighted by molar-refractivity contribution is 5.88. The Balaban J connectivity index is 2.07. The van der Waals surface area contributed by atoms with E-state index < -0.39 is 12.0 Å². The number of hydrogen-bond donors (Lipinski definition) is 2. The maximum Gasteiger partial charge on any atom is 0.330 e. The summed E-state index contributed by atoms with van der Waals surface area (Å²) in [6.07, 6.45) is 1.78. The Morgan fingerprint density at radius 2 is 2.05 bits per heavy atom. The molecule has 0 heterocycles. The third-order valence-corrected chi connectivity index (χ3v) is 4.14. The number of benzene rings is 1. The molecule has 1 aromatic carbocycles. The lowest BCUT2D eigenvalue weighted by Gasteiger charge is -2.16. The first-order chi connectivity index (χ1) is 8.98. The van der Waals surface area contributed by atoms with E-state index in [2.05, 4.69) is 19.2 Å². The van der Waals surface area contributed by atoms with Crippen LogP contribution in [0.15, 0.2) is 30.3 Å². The lowest BCUT2D eigenvalue weighted by atomic mass is 10.0. The van der Waals surface area contributed by atoms with Crippen molar-refractivity contribution in [2.24, 2.45) is 11.3 Å². The molecule has 0 spiro atoms. The van der Waals surface area contributed by atoms with Crippen LogP contribution in [0.4, 0.5) is 0 Å².